The second-order valence-corrected chi connectivity index (χ2v) is 5.87. The maximum Gasteiger partial charge on any atom is 0.270 e. The zero-order chi connectivity index (χ0) is 18.4. The van der Waals surface area contributed by atoms with Gasteiger partial charge in [0.05, 0.1) is 0 Å². The minimum atomic E-state index is -0.358. The Balaban J connectivity index is 1.66. The molecule has 0 fully saturated rings. The van der Waals surface area contributed by atoms with Gasteiger partial charge in [0.2, 0.25) is 0 Å². The highest BCUT2D eigenvalue weighted by Crippen LogP contribution is 2.14. The van der Waals surface area contributed by atoms with E-state index in [1.165, 1.54) is 12.3 Å². The number of hydrogen-bond acceptors (Lipinski definition) is 4. The van der Waals surface area contributed by atoms with Gasteiger partial charge in [-0.1, -0.05) is 11.6 Å². The standard InChI is InChI=1S/C19H15ClN4O2/c20-15-1-3-16(4-2-15)24-18(25)14-7-10-22-17(11-14)19(26)23-12-13-5-8-21-9-6-13/h1-11H,12H2,(H,23,26)(H,24,25). The molecule has 2 amide bonds. The second kappa shape index (κ2) is 8.22. The summed E-state index contributed by atoms with van der Waals surface area (Å²) >= 11 is 5.83. The molecule has 2 N–H and O–H groups in total. The van der Waals surface area contributed by atoms with Gasteiger partial charge in [0.15, 0.2) is 0 Å². The molecule has 130 valence electrons. The predicted molar refractivity (Wildman–Crippen MR) is 99.0 cm³/mol. The lowest BCUT2D eigenvalue weighted by Crippen LogP contribution is -2.24. The first-order chi connectivity index (χ1) is 12.6. The molecule has 0 aliphatic heterocycles. The van der Waals surface area contributed by atoms with Crippen molar-refractivity contribution in [3.8, 4) is 0 Å². The Kier molecular flexibility index (Phi) is 5.56. The van der Waals surface area contributed by atoms with Crippen molar-refractivity contribution < 1.29 is 9.59 Å². The van der Waals surface area contributed by atoms with Gasteiger partial charge in [-0.2, -0.15) is 0 Å². The zero-order valence-electron chi connectivity index (χ0n) is 13.6. The molecule has 0 spiro atoms. The normalized spacial score (nSPS) is 10.2. The molecule has 0 aliphatic carbocycles. The third kappa shape index (κ3) is 4.64. The number of pyridine rings is 2. The lowest BCUT2D eigenvalue weighted by atomic mass is 10.2. The number of aromatic nitrogens is 2. The third-order valence-electron chi connectivity index (χ3n) is 3.56. The summed E-state index contributed by atoms with van der Waals surface area (Å²) in [5.74, 6) is -0.694. The number of anilines is 1. The minimum Gasteiger partial charge on any atom is -0.347 e. The van der Waals surface area contributed by atoms with E-state index >= 15 is 0 Å². The molecule has 1 aromatic carbocycles. The average molecular weight is 367 g/mol. The molecule has 2 heterocycles. The molecule has 0 saturated carbocycles. The van der Waals surface area contributed by atoms with Crippen molar-refractivity contribution in [2.24, 2.45) is 0 Å². The summed E-state index contributed by atoms with van der Waals surface area (Å²) in [4.78, 5) is 32.6. The largest absolute Gasteiger partial charge is 0.347 e. The number of hydrogen-bond donors (Lipinski definition) is 2. The Morgan fingerprint density at radius 3 is 2.38 bits per heavy atom. The lowest BCUT2D eigenvalue weighted by Gasteiger charge is -2.08. The Morgan fingerprint density at radius 1 is 0.923 bits per heavy atom. The quantitative estimate of drug-likeness (QED) is 0.725. The molecule has 0 bridgehead atoms. The van der Waals surface area contributed by atoms with E-state index in [9.17, 15) is 9.59 Å². The average Bonchev–Trinajstić information content (AvgIpc) is 2.69. The summed E-state index contributed by atoms with van der Waals surface area (Å²) in [6, 6.07) is 13.4. The van der Waals surface area contributed by atoms with E-state index in [0.29, 0.717) is 22.8 Å². The summed E-state index contributed by atoms with van der Waals surface area (Å²) in [5, 5.41) is 6.09. The molecule has 3 aromatic rings. The van der Waals surface area contributed by atoms with Crippen LogP contribution in [-0.4, -0.2) is 21.8 Å². The third-order valence-corrected chi connectivity index (χ3v) is 3.81. The van der Waals surface area contributed by atoms with Crippen LogP contribution in [0.4, 0.5) is 5.69 Å². The van der Waals surface area contributed by atoms with E-state index in [1.54, 1.807) is 42.7 Å². The molecule has 0 unspecified atom stereocenters. The highest BCUT2D eigenvalue weighted by atomic mass is 35.5. The first-order valence-electron chi connectivity index (χ1n) is 7.82. The van der Waals surface area contributed by atoms with Crippen molar-refractivity contribution in [2.45, 2.75) is 6.54 Å². The summed E-state index contributed by atoms with van der Waals surface area (Å²) < 4.78 is 0. The van der Waals surface area contributed by atoms with E-state index in [1.807, 2.05) is 12.1 Å². The number of nitrogens with one attached hydrogen (secondary N) is 2. The minimum absolute atomic E-state index is 0.169. The molecule has 0 atom stereocenters. The van der Waals surface area contributed by atoms with Crippen LogP contribution in [0.15, 0.2) is 67.1 Å². The predicted octanol–water partition coefficient (Wildman–Crippen LogP) is 3.31. The molecule has 6 nitrogen and oxygen atoms in total. The van der Waals surface area contributed by atoms with E-state index in [0.717, 1.165) is 5.56 Å². The Morgan fingerprint density at radius 2 is 1.65 bits per heavy atom. The van der Waals surface area contributed by atoms with Gasteiger partial charge < -0.3 is 10.6 Å². The van der Waals surface area contributed by atoms with Gasteiger partial charge in [-0.15, -0.1) is 0 Å². The molecular formula is C19H15ClN4O2. The molecule has 26 heavy (non-hydrogen) atoms. The van der Waals surface area contributed by atoms with Crippen molar-refractivity contribution in [1.29, 1.82) is 0 Å². The number of carbonyl (C=O) groups excluding carboxylic acids is 2. The van der Waals surface area contributed by atoms with Crippen LogP contribution in [0, 0.1) is 0 Å². The van der Waals surface area contributed by atoms with Gasteiger partial charge in [0.1, 0.15) is 5.69 Å². The van der Waals surface area contributed by atoms with Crippen molar-refractivity contribution in [3.63, 3.8) is 0 Å². The molecule has 0 saturated heterocycles. The molecule has 0 aliphatic rings. The van der Waals surface area contributed by atoms with Crippen LogP contribution in [0.3, 0.4) is 0 Å². The van der Waals surface area contributed by atoms with Crippen LogP contribution < -0.4 is 10.6 Å². The molecular weight excluding hydrogens is 352 g/mol. The maximum absolute atomic E-state index is 12.3. The summed E-state index contributed by atoms with van der Waals surface area (Å²) in [5.41, 5.74) is 2.04. The number of nitrogens with zero attached hydrogens (tertiary/aromatic N) is 2. The monoisotopic (exact) mass is 366 g/mol. The molecule has 0 radical (unpaired) electrons. The van der Waals surface area contributed by atoms with Gasteiger partial charge in [-0.3, -0.25) is 19.6 Å². The van der Waals surface area contributed by atoms with Gasteiger partial charge in [0.25, 0.3) is 11.8 Å². The lowest BCUT2D eigenvalue weighted by molar-refractivity contribution is 0.0946. The Labute approximate surface area is 155 Å². The number of amides is 2. The van der Waals surface area contributed by atoms with Crippen molar-refractivity contribution in [1.82, 2.24) is 15.3 Å². The molecule has 7 heteroatoms. The van der Waals surface area contributed by atoms with Gasteiger partial charge >= 0.3 is 0 Å². The van der Waals surface area contributed by atoms with Crippen molar-refractivity contribution in [2.75, 3.05) is 5.32 Å². The molecule has 3 rings (SSSR count). The van der Waals surface area contributed by atoms with Gasteiger partial charge in [-0.05, 0) is 54.1 Å². The van der Waals surface area contributed by atoms with E-state index < -0.39 is 0 Å². The van der Waals surface area contributed by atoms with Gasteiger partial charge in [0, 0.05) is 41.4 Å². The smallest absolute Gasteiger partial charge is 0.270 e. The van der Waals surface area contributed by atoms with Crippen LogP contribution in [0.5, 0.6) is 0 Å². The van der Waals surface area contributed by atoms with E-state index in [-0.39, 0.29) is 17.5 Å². The first-order valence-corrected chi connectivity index (χ1v) is 8.20. The van der Waals surface area contributed by atoms with Crippen LogP contribution >= 0.6 is 11.6 Å². The highest BCUT2D eigenvalue weighted by molar-refractivity contribution is 6.30. The van der Waals surface area contributed by atoms with Gasteiger partial charge in [-0.25, -0.2) is 0 Å². The molecule has 2 aromatic heterocycles. The maximum atomic E-state index is 12.3. The van der Waals surface area contributed by atoms with Crippen molar-refractivity contribution in [3.05, 3.63) is 89.0 Å². The topological polar surface area (TPSA) is 84.0 Å². The fourth-order valence-electron chi connectivity index (χ4n) is 2.21. The fourth-order valence-corrected chi connectivity index (χ4v) is 2.33. The fraction of sp³-hybridized carbons (Fsp3) is 0.0526. The van der Waals surface area contributed by atoms with Crippen LogP contribution in [0.1, 0.15) is 26.4 Å². The number of halogens is 1. The summed E-state index contributed by atoms with van der Waals surface area (Å²) in [6.07, 6.45) is 4.74. The van der Waals surface area contributed by atoms with Crippen LogP contribution in [0.2, 0.25) is 5.02 Å². The van der Waals surface area contributed by atoms with Crippen molar-refractivity contribution >= 4 is 29.1 Å². The summed E-state index contributed by atoms with van der Waals surface area (Å²) in [7, 11) is 0. The SMILES string of the molecule is O=C(Nc1ccc(Cl)cc1)c1ccnc(C(=O)NCc2ccncc2)c1. The van der Waals surface area contributed by atoms with Crippen LogP contribution in [0.25, 0.3) is 0 Å². The first kappa shape index (κ1) is 17.6. The number of benzene rings is 1. The van der Waals surface area contributed by atoms with E-state index in [4.69, 9.17) is 11.6 Å². The second-order valence-electron chi connectivity index (χ2n) is 5.43. The Hall–Kier alpha value is -3.25. The highest BCUT2D eigenvalue weighted by Gasteiger charge is 2.12. The van der Waals surface area contributed by atoms with Crippen LogP contribution in [-0.2, 0) is 6.54 Å². The Bertz CT molecular complexity index is 914. The van der Waals surface area contributed by atoms with E-state index in [2.05, 4.69) is 20.6 Å². The number of rotatable bonds is 5. The summed E-state index contributed by atoms with van der Waals surface area (Å²) in [6.45, 7) is 0.351. The number of carbonyl (C=O) groups is 2. The zero-order valence-corrected chi connectivity index (χ0v) is 14.4.